The van der Waals surface area contributed by atoms with Crippen LogP contribution in [0.25, 0.3) is 22.6 Å². The van der Waals surface area contributed by atoms with Crippen LogP contribution in [0.3, 0.4) is 0 Å². The number of carbonyl (C=O) groups is 4. The molecule has 2 aliphatic heterocycles. The average Bonchev–Trinajstić information content (AvgIpc) is 2.80. The summed E-state index contributed by atoms with van der Waals surface area (Å²) in [4.78, 5) is 82.8. The fourth-order valence-electron chi connectivity index (χ4n) is 4.03. The molecule has 208 valence electrons. The summed E-state index contributed by atoms with van der Waals surface area (Å²) in [7, 11) is 0. The van der Waals surface area contributed by atoms with Gasteiger partial charge in [-0.2, -0.15) is 4.98 Å². The standard InChI is InChI=1S/C25H28N4O10/c1-11-7-17-18(8-12(11)2)29(23-21(26-17)24(34)28-25(35)27-23)9-19(37-14(4)31)22(39-16(6)33)20(38-15(5)32)10-36-13(3)30/h7-8,19-20,22H,9-10H2,1-6H3,(H,28,34,35)/t19-,20+,22+/m1/s1. The highest BCUT2D eigenvalue weighted by Crippen LogP contribution is 2.26. The van der Waals surface area contributed by atoms with Crippen LogP contribution in [0.4, 0.5) is 0 Å². The number of hydrogen-bond acceptors (Lipinski definition) is 12. The number of nitrogens with zero attached hydrogens (tertiary/aromatic N) is 3. The van der Waals surface area contributed by atoms with E-state index in [1.54, 1.807) is 12.1 Å². The molecule has 14 nitrogen and oxygen atoms in total. The summed E-state index contributed by atoms with van der Waals surface area (Å²) in [6.45, 7) is 7.29. The fraction of sp³-hybridized carbons (Fsp3) is 0.440. The van der Waals surface area contributed by atoms with Crippen LogP contribution in [-0.2, 0) is 44.7 Å². The van der Waals surface area contributed by atoms with E-state index in [1.165, 1.54) is 4.57 Å². The highest BCUT2D eigenvalue weighted by atomic mass is 16.6. The zero-order valence-corrected chi connectivity index (χ0v) is 22.2. The predicted molar refractivity (Wildman–Crippen MR) is 134 cm³/mol. The van der Waals surface area contributed by atoms with E-state index < -0.39 is 60.0 Å². The minimum atomic E-state index is -1.47. The lowest BCUT2D eigenvalue weighted by atomic mass is 10.1. The Morgan fingerprint density at radius 1 is 0.846 bits per heavy atom. The molecule has 0 radical (unpaired) electrons. The number of H-pyrrole nitrogens is 1. The third-order valence-corrected chi connectivity index (χ3v) is 5.71. The maximum atomic E-state index is 12.6. The first-order valence-electron chi connectivity index (χ1n) is 11.8. The Hall–Kier alpha value is -4.62. The van der Waals surface area contributed by atoms with Gasteiger partial charge >= 0.3 is 29.6 Å². The Kier molecular flexibility index (Phi) is 8.78. The summed E-state index contributed by atoms with van der Waals surface area (Å²) in [5.41, 5.74) is 0.637. The molecular weight excluding hydrogens is 516 g/mol. The Bertz CT molecular complexity index is 1530. The second-order valence-electron chi connectivity index (χ2n) is 8.86. The summed E-state index contributed by atoms with van der Waals surface area (Å²) in [5, 5.41) is 0. The van der Waals surface area contributed by atoms with E-state index in [4.69, 9.17) is 18.9 Å². The van der Waals surface area contributed by atoms with Gasteiger partial charge < -0.3 is 23.5 Å². The predicted octanol–water partition coefficient (Wildman–Crippen LogP) is 0.560. The van der Waals surface area contributed by atoms with Crippen LogP contribution in [0.1, 0.15) is 38.8 Å². The van der Waals surface area contributed by atoms with E-state index in [0.29, 0.717) is 11.0 Å². The largest absolute Gasteiger partial charge is 0.462 e. The lowest BCUT2D eigenvalue weighted by Gasteiger charge is -2.32. The van der Waals surface area contributed by atoms with Crippen molar-refractivity contribution in [2.24, 2.45) is 0 Å². The van der Waals surface area contributed by atoms with Crippen LogP contribution >= 0.6 is 0 Å². The van der Waals surface area contributed by atoms with Gasteiger partial charge in [-0.15, -0.1) is 0 Å². The summed E-state index contributed by atoms with van der Waals surface area (Å²) in [6, 6.07) is 3.48. The van der Waals surface area contributed by atoms with Gasteiger partial charge in [0.15, 0.2) is 29.8 Å². The van der Waals surface area contributed by atoms with Gasteiger partial charge in [-0.05, 0) is 37.1 Å². The molecule has 0 saturated carbocycles. The SMILES string of the molecule is CC(=O)OC[C@H](OC(C)=O)[C@@H](OC(C)=O)[C@@H](Cn1c2nc(=O)[nH]c(=O)c-2nc2cc(C)c(C)cc21)OC(C)=O. The zero-order valence-electron chi connectivity index (χ0n) is 22.2. The summed E-state index contributed by atoms with van der Waals surface area (Å²) in [5.74, 6) is -3.20. The summed E-state index contributed by atoms with van der Waals surface area (Å²) in [6.07, 6.45) is -4.22. The first-order chi connectivity index (χ1) is 18.3. The van der Waals surface area contributed by atoms with Crippen molar-refractivity contribution < 1.29 is 38.1 Å². The van der Waals surface area contributed by atoms with E-state index >= 15 is 0 Å². The van der Waals surface area contributed by atoms with Crippen molar-refractivity contribution in [3.05, 3.63) is 44.1 Å². The van der Waals surface area contributed by atoms with Crippen molar-refractivity contribution in [2.45, 2.75) is 66.4 Å². The topological polar surface area (TPSA) is 186 Å². The van der Waals surface area contributed by atoms with Gasteiger partial charge in [-0.3, -0.25) is 29.0 Å². The first-order valence-corrected chi connectivity index (χ1v) is 11.8. The molecule has 3 atom stereocenters. The minimum absolute atomic E-state index is 0.123. The summed E-state index contributed by atoms with van der Waals surface area (Å²) >= 11 is 0. The molecule has 0 unspecified atom stereocenters. The normalized spacial score (nSPS) is 13.4. The highest BCUT2D eigenvalue weighted by molar-refractivity contribution is 5.81. The van der Waals surface area contributed by atoms with Gasteiger partial charge in [0.25, 0.3) is 5.56 Å². The maximum Gasteiger partial charge on any atom is 0.349 e. The molecule has 2 aliphatic rings. The second kappa shape index (κ2) is 11.8. The third kappa shape index (κ3) is 7.03. The number of rotatable bonds is 9. The summed E-state index contributed by atoms with van der Waals surface area (Å²) < 4.78 is 22.7. The van der Waals surface area contributed by atoms with Crippen molar-refractivity contribution in [3.63, 3.8) is 0 Å². The number of carbonyl (C=O) groups excluding carboxylic acids is 4. The van der Waals surface area contributed by atoms with Gasteiger partial charge in [0, 0.05) is 27.7 Å². The van der Waals surface area contributed by atoms with Crippen LogP contribution in [0.2, 0.25) is 0 Å². The Morgan fingerprint density at radius 3 is 2.03 bits per heavy atom. The van der Waals surface area contributed by atoms with Gasteiger partial charge in [-0.25, -0.2) is 9.78 Å². The molecule has 0 spiro atoms. The molecule has 0 saturated heterocycles. The quantitative estimate of drug-likeness (QED) is 0.224. The molecule has 2 heterocycles. The Labute approximate surface area is 221 Å². The van der Waals surface area contributed by atoms with Crippen LogP contribution in [0, 0.1) is 13.8 Å². The van der Waals surface area contributed by atoms with Crippen molar-refractivity contribution in [3.8, 4) is 11.5 Å². The number of aromatic amines is 1. The van der Waals surface area contributed by atoms with E-state index in [1.807, 2.05) is 13.8 Å². The van der Waals surface area contributed by atoms with Crippen molar-refractivity contribution in [2.75, 3.05) is 6.61 Å². The van der Waals surface area contributed by atoms with Crippen LogP contribution in [0.15, 0.2) is 21.7 Å². The van der Waals surface area contributed by atoms with E-state index in [0.717, 1.165) is 38.8 Å². The van der Waals surface area contributed by atoms with E-state index in [2.05, 4.69) is 15.0 Å². The first kappa shape index (κ1) is 28.9. The van der Waals surface area contributed by atoms with Gasteiger partial charge in [0.1, 0.15) is 6.61 Å². The van der Waals surface area contributed by atoms with Crippen molar-refractivity contribution in [1.29, 1.82) is 0 Å². The van der Waals surface area contributed by atoms with E-state index in [-0.39, 0.29) is 18.1 Å². The number of hydrogen-bond donors (Lipinski definition) is 1. The second-order valence-corrected chi connectivity index (χ2v) is 8.86. The van der Waals surface area contributed by atoms with Crippen LogP contribution < -0.4 is 11.2 Å². The molecule has 0 aliphatic carbocycles. The lowest BCUT2D eigenvalue weighted by molar-refractivity contribution is -0.190. The van der Waals surface area contributed by atoms with Gasteiger partial charge in [0.05, 0.1) is 17.6 Å². The number of benzene rings is 1. The zero-order chi connectivity index (χ0) is 29.0. The monoisotopic (exact) mass is 544 g/mol. The van der Waals surface area contributed by atoms with Crippen LogP contribution in [0.5, 0.6) is 0 Å². The number of esters is 4. The van der Waals surface area contributed by atoms with Gasteiger partial charge in [0.2, 0.25) is 0 Å². The number of fused-ring (bicyclic) bond motifs is 2. The molecule has 1 aromatic carbocycles. The molecule has 14 heteroatoms. The molecule has 1 N–H and O–H groups in total. The molecule has 0 aromatic heterocycles. The van der Waals surface area contributed by atoms with E-state index in [9.17, 15) is 28.8 Å². The van der Waals surface area contributed by atoms with Crippen molar-refractivity contribution >= 4 is 34.9 Å². The fourth-order valence-corrected chi connectivity index (χ4v) is 4.03. The molecule has 3 rings (SSSR count). The van der Waals surface area contributed by atoms with Gasteiger partial charge in [-0.1, -0.05) is 0 Å². The minimum Gasteiger partial charge on any atom is -0.462 e. The number of ether oxygens (including phenoxy) is 4. The lowest BCUT2D eigenvalue weighted by Crippen LogP contribution is -2.49. The Balaban J connectivity index is 2.28. The molecule has 1 aromatic rings. The average molecular weight is 545 g/mol. The number of aromatic nitrogens is 4. The number of aryl methyl sites for hydroxylation is 2. The highest BCUT2D eigenvalue weighted by Gasteiger charge is 2.39. The van der Waals surface area contributed by atoms with Crippen LogP contribution in [-0.4, -0.2) is 68.3 Å². The molecule has 0 fully saturated rings. The molecule has 0 amide bonds. The molecule has 0 bridgehead atoms. The molecular formula is C25H28N4O10. The number of nitrogens with one attached hydrogen (secondary N) is 1. The van der Waals surface area contributed by atoms with Crippen molar-refractivity contribution in [1.82, 2.24) is 19.5 Å². The maximum absolute atomic E-state index is 12.6. The third-order valence-electron chi connectivity index (χ3n) is 5.71. The molecule has 39 heavy (non-hydrogen) atoms. The smallest absolute Gasteiger partial charge is 0.349 e. The Morgan fingerprint density at radius 2 is 1.44 bits per heavy atom.